The first-order valence-electron chi connectivity index (χ1n) is 6.07. The molecule has 3 rings (SSSR count). The number of nitrogens with zero attached hydrogens (tertiary/aromatic N) is 2. The van der Waals surface area contributed by atoms with Gasteiger partial charge < -0.3 is 5.73 Å². The Labute approximate surface area is 106 Å². The molecule has 88 valence electrons. The van der Waals surface area contributed by atoms with Gasteiger partial charge in [0.05, 0.1) is 11.3 Å². The van der Waals surface area contributed by atoms with Crippen molar-refractivity contribution in [2.75, 3.05) is 5.73 Å². The van der Waals surface area contributed by atoms with Crippen LogP contribution in [0.4, 0.5) is 5.82 Å². The highest BCUT2D eigenvalue weighted by Gasteiger charge is 2.17. The number of pyridine rings is 1. The maximum atomic E-state index is 9.02. The van der Waals surface area contributed by atoms with Gasteiger partial charge >= 0.3 is 0 Å². The van der Waals surface area contributed by atoms with E-state index in [9.17, 15) is 0 Å². The van der Waals surface area contributed by atoms with Crippen molar-refractivity contribution in [1.29, 1.82) is 5.26 Å². The minimum absolute atomic E-state index is 0.327. The van der Waals surface area contributed by atoms with E-state index in [1.807, 2.05) is 12.1 Å². The van der Waals surface area contributed by atoms with Gasteiger partial charge in [0.1, 0.15) is 11.9 Å². The number of benzene rings is 1. The normalized spacial score (nSPS) is 13.1. The molecule has 0 radical (unpaired) electrons. The van der Waals surface area contributed by atoms with Crippen molar-refractivity contribution in [3.05, 3.63) is 47.0 Å². The summed E-state index contributed by atoms with van der Waals surface area (Å²) in [5.74, 6) is 0.327. The van der Waals surface area contributed by atoms with Gasteiger partial charge in [-0.3, -0.25) is 0 Å². The third-order valence-electron chi connectivity index (χ3n) is 3.42. The van der Waals surface area contributed by atoms with E-state index in [-0.39, 0.29) is 0 Å². The Bertz CT molecular complexity index is 653. The van der Waals surface area contributed by atoms with Crippen LogP contribution in [0.3, 0.4) is 0 Å². The average Bonchev–Trinajstić information content (AvgIpc) is 2.57. The second kappa shape index (κ2) is 4.15. The molecule has 2 aromatic rings. The third kappa shape index (κ3) is 1.63. The largest absolute Gasteiger partial charge is 0.383 e. The molecule has 1 aromatic carbocycles. The minimum Gasteiger partial charge on any atom is -0.383 e. The van der Waals surface area contributed by atoms with Gasteiger partial charge in [-0.05, 0) is 36.5 Å². The van der Waals surface area contributed by atoms with Crippen LogP contribution in [0.25, 0.3) is 11.3 Å². The molecule has 3 nitrogen and oxygen atoms in total. The van der Waals surface area contributed by atoms with Gasteiger partial charge in [-0.15, -0.1) is 0 Å². The number of aryl methyl sites for hydroxylation is 2. The standard InChI is InChI=1S/C15H13N3/c16-9-12-8-11-6-3-5-10-4-1-2-7-13(10)14(11)18-15(12)17/h1-2,4,7-8H,3,5-6H2,(H2,17,18). The van der Waals surface area contributed by atoms with E-state index in [2.05, 4.69) is 29.3 Å². The zero-order valence-electron chi connectivity index (χ0n) is 9.98. The predicted octanol–water partition coefficient (Wildman–Crippen LogP) is 2.69. The molecule has 0 atom stereocenters. The Morgan fingerprint density at radius 1 is 1.17 bits per heavy atom. The summed E-state index contributed by atoms with van der Waals surface area (Å²) in [5, 5.41) is 9.02. The van der Waals surface area contributed by atoms with Gasteiger partial charge in [0.2, 0.25) is 0 Å². The lowest BCUT2D eigenvalue weighted by Gasteiger charge is -2.09. The molecule has 0 spiro atoms. The van der Waals surface area contributed by atoms with Crippen molar-refractivity contribution < 1.29 is 0 Å². The summed E-state index contributed by atoms with van der Waals surface area (Å²) in [6.07, 6.45) is 3.08. The number of hydrogen-bond acceptors (Lipinski definition) is 3. The van der Waals surface area contributed by atoms with Crippen LogP contribution in [0.1, 0.15) is 23.1 Å². The van der Waals surface area contributed by atoms with E-state index in [0.717, 1.165) is 36.1 Å². The number of nitriles is 1. The molecule has 2 N–H and O–H groups in total. The van der Waals surface area contributed by atoms with Crippen molar-refractivity contribution in [2.24, 2.45) is 0 Å². The van der Waals surface area contributed by atoms with Crippen LogP contribution >= 0.6 is 0 Å². The van der Waals surface area contributed by atoms with Crippen molar-refractivity contribution in [3.8, 4) is 17.3 Å². The maximum Gasteiger partial charge on any atom is 0.142 e. The summed E-state index contributed by atoms with van der Waals surface area (Å²) in [7, 11) is 0. The summed E-state index contributed by atoms with van der Waals surface area (Å²) in [5.41, 5.74) is 10.9. The molecule has 0 fully saturated rings. The topological polar surface area (TPSA) is 62.7 Å². The van der Waals surface area contributed by atoms with E-state index in [1.165, 1.54) is 5.56 Å². The fourth-order valence-electron chi connectivity index (χ4n) is 2.52. The fraction of sp³-hybridized carbons (Fsp3) is 0.200. The molecule has 1 aromatic heterocycles. The molecule has 1 heterocycles. The molecule has 0 aliphatic heterocycles. The van der Waals surface area contributed by atoms with E-state index >= 15 is 0 Å². The number of rotatable bonds is 0. The highest BCUT2D eigenvalue weighted by atomic mass is 14.8. The van der Waals surface area contributed by atoms with Crippen LogP contribution in [-0.4, -0.2) is 4.98 Å². The lowest BCUT2D eigenvalue weighted by atomic mass is 10.0. The smallest absolute Gasteiger partial charge is 0.142 e. The number of anilines is 1. The number of aromatic nitrogens is 1. The summed E-state index contributed by atoms with van der Waals surface area (Å²) in [4.78, 5) is 4.44. The Morgan fingerprint density at radius 2 is 1.94 bits per heavy atom. The van der Waals surface area contributed by atoms with Crippen molar-refractivity contribution in [2.45, 2.75) is 19.3 Å². The lowest BCUT2D eigenvalue weighted by molar-refractivity contribution is 0.833. The molecule has 0 saturated carbocycles. The quantitative estimate of drug-likeness (QED) is 0.763. The van der Waals surface area contributed by atoms with Gasteiger partial charge in [-0.1, -0.05) is 24.3 Å². The molecule has 1 aliphatic rings. The van der Waals surface area contributed by atoms with Crippen LogP contribution in [0, 0.1) is 11.3 Å². The zero-order valence-corrected chi connectivity index (χ0v) is 9.98. The third-order valence-corrected chi connectivity index (χ3v) is 3.42. The fourth-order valence-corrected chi connectivity index (χ4v) is 2.52. The van der Waals surface area contributed by atoms with Crippen molar-refractivity contribution >= 4 is 5.82 Å². The van der Waals surface area contributed by atoms with E-state index < -0.39 is 0 Å². The van der Waals surface area contributed by atoms with Crippen LogP contribution in [0.2, 0.25) is 0 Å². The lowest BCUT2D eigenvalue weighted by Crippen LogP contribution is -2.00. The highest BCUT2D eigenvalue weighted by molar-refractivity contribution is 5.71. The zero-order chi connectivity index (χ0) is 12.5. The molecule has 0 unspecified atom stereocenters. The maximum absolute atomic E-state index is 9.02. The van der Waals surface area contributed by atoms with E-state index in [4.69, 9.17) is 11.0 Å². The van der Waals surface area contributed by atoms with Crippen LogP contribution in [0.15, 0.2) is 30.3 Å². The minimum atomic E-state index is 0.327. The van der Waals surface area contributed by atoms with Crippen LogP contribution in [0.5, 0.6) is 0 Å². The van der Waals surface area contributed by atoms with Gasteiger partial charge in [0.25, 0.3) is 0 Å². The molecular formula is C15H13N3. The van der Waals surface area contributed by atoms with Gasteiger partial charge in [0.15, 0.2) is 0 Å². The SMILES string of the molecule is N#Cc1cc2c(nc1N)-c1ccccc1CCC2. The molecule has 0 amide bonds. The van der Waals surface area contributed by atoms with Crippen molar-refractivity contribution in [1.82, 2.24) is 4.98 Å². The Hall–Kier alpha value is -2.34. The van der Waals surface area contributed by atoms with Crippen molar-refractivity contribution in [3.63, 3.8) is 0 Å². The molecule has 0 bridgehead atoms. The van der Waals surface area contributed by atoms with E-state index in [0.29, 0.717) is 11.4 Å². The number of fused-ring (bicyclic) bond motifs is 3. The summed E-state index contributed by atoms with van der Waals surface area (Å²) < 4.78 is 0. The number of hydrogen-bond donors (Lipinski definition) is 1. The molecule has 0 saturated heterocycles. The number of nitrogens with two attached hydrogens (primary N) is 1. The van der Waals surface area contributed by atoms with Gasteiger partial charge in [0, 0.05) is 5.56 Å². The first-order valence-corrected chi connectivity index (χ1v) is 6.07. The monoisotopic (exact) mass is 235 g/mol. The first-order chi connectivity index (χ1) is 8.79. The van der Waals surface area contributed by atoms with Gasteiger partial charge in [-0.2, -0.15) is 5.26 Å². The van der Waals surface area contributed by atoms with Crippen LogP contribution < -0.4 is 5.73 Å². The second-order valence-electron chi connectivity index (χ2n) is 4.55. The molecule has 3 heteroatoms. The highest BCUT2D eigenvalue weighted by Crippen LogP contribution is 2.32. The number of nitrogen functional groups attached to an aromatic ring is 1. The predicted molar refractivity (Wildman–Crippen MR) is 70.8 cm³/mol. The Morgan fingerprint density at radius 3 is 2.78 bits per heavy atom. The summed E-state index contributed by atoms with van der Waals surface area (Å²) in [6.45, 7) is 0. The average molecular weight is 235 g/mol. The Kier molecular flexibility index (Phi) is 2.49. The first kappa shape index (κ1) is 10.8. The van der Waals surface area contributed by atoms with Crippen LogP contribution in [-0.2, 0) is 12.8 Å². The molecule has 18 heavy (non-hydrogen) atoms. The molecular weight excluding hydrogens is 222 g/mol. The summed E-state index contributed by atoms with van der Waals surface area (Å²) >= 11 is 0. The van der Waals surface area contributed by atoms with E-state index in [1.54, 1.807) is 0 Å². The molecule has 1 aliphatic carbocycles. The summed E-state index contributed by atoms with van der Waals surface area (Å²) in [6, 6.07) is 12.3. The van der Waals surface area contributed by atoms with Gasteiger partial charge in [-0.25, -0.2) is 4.98 Å². The second-order valence-corrected chi connectivity index (χ2v) is 4.55. The Balaban J connectivity index is 2.28.